The number of nitrogens with one attached hydrogen (secondary N) is 1. The summed E-state index contributed by atoms with van der Waals surface area (Å²) in [5.74, 6) is 1.03. The van der Waals surface area contributed by atoms with Crippen LogP contribution in [0.4, 0.5) is 5.69 Å². The minimum atomic E-state index is -0.490. The average Bonchev–Trinajstić information content (AvgIpc) is 2.97. The Morgan fingerprint density at radius 2 is 2.10 bits per heavy atom. The van der Waals surface area contributed by atoms with Gasteiger partial charge in [0.05, 0.1) is 12.3 Å². The van der Waals surface area contributed by atoms with Crippen molar-refractivity contribution in [3.8, 4) is 5.75 Å². The molecule has 2 aromatic rings. The van der Waals surface area contributed by atoms with Gasteiger partial charge < -0.3 is 20.2 Å². The second kappa shape index (κ2) is 6.65. The molecular weight excluding hydrogens is 256 g/mol. The van der Waals surface area contributed by atoms with E-state index < -0.39 is 5.91 Å². The summed E-state index contributed by atoms with van der Waals surface area (Å²) in [4.78, 5) is 10.6. The number of rotatable bonds is 7. The molecule has 1 atom stereocenters. The Morgan fingerprint density at radius 1 is 1.35 bits per heavy atom. The Kier molecular flexibility index (Phi) is 4.65. The van der Waals surface area contributed by atoms with Gasteiger partial charge in [0, 0.05) is 5.69 Å². The molecule has 1 amide bonds. The molecule has 5 nitrogen and oxygen atoms in total. The predicted octanol–water partition coefficient (Wildman–Crippen LogP) is 2.71. The summed E-state index contributed by atoms with van der Waals surface area (Å²) >= 11 is 0. The molecule has 0 saturated carbocycles. The van der Waals surface area contributed by atoms with Crippen molar-refractivity contribution in [1.82, 2.24) is 0 Å². The highest BCUT2D eigenvalue weighted by atomic mass is 16.5. The quantitative estimate of drug-likeness (QED) is 0.813. The van der Waals surface area contributed by atoms with Crippen LogP contribution in [0.1, 0.15) is 25.1 Å². The van der Waals surface area contributed by atoms with Gasteiger partial charge in [-0.15, -0.1) is 0 Å². The van der Waals surface area contributed by atoms with Crippen LogP contribution in [0.3, 0.4) is 0 Å². The van der Waals surface area contributed by atoms with E-state index in [1.807, 2.05) is 24.3 Å². The third-order valence-corrected chi connectivity index (χ3v) is 2.87. The fourth-order valence-corrected chi connectivity index (χ4v) is 1.87. The third-order valence-electron chi connectivity index (χ3n) is 2.87. The molecule has 0 bridgehead atoms. The van der Waals surface area contributed by atoms with Crippen LogP contribution >= 0.6 is 0 Å². The highest BCUT2D eigenvalue weighted by Crippen LogP contribution is 2.24. The number of ether oxygens (including phenoxy) is 1. The zero-order valence-electron chi connectivity index (χ0n) is 11.3. The monoisotopic (exact) mass is 274 g/mol. The molecule has 0 fully saturated rings. The normalized spacial score (nSPS) is 11.8. The van der Waals surface area contributed by atoms with Crippen molar-refractivity contribution in [3.05, 3.63) is 48.4 Å². The Morgan fingerprint density at radius 3 is 2.65 bits per heavy atom. The maximum Gasteiger partial charge on any atom is 0.255 e. The van der Waals surface area contributed by atoms with Crippen LogP contribution in [0.2, 0.25) is 0 Å². The minimum absolute atomic E-state index is 0.114. The van der Waals surface area contributed by atoms with E-state index in [4.69, 9.17) is 14.9 Å². The number of nitrogens with two attached hydrogens (primary N) is 1. The number of benzene rings is 1. The van der Waals surface area contributed by atoms with Gasteiger partial charge in [0.15, 0.2) is 6.61 Å². The van der Waals surface area contributed by atoms with Crippen molar-refractivity contribution in [3.63, 3.8) is 0 Å². The van der Waals surface area contributed by atoms with E-state index in [9.17, 15) is 4.79 Å². The van der Waals surface area contributed by atoms with Gasteiger partial charge in [-0.1, -0.05) is 6.92 Å². The van der Waals surface area contributed by atoms with Gasteiger partial charge in [-0.3, -0.25) is 4.79 Å². The van der Waals surface area contributed by atoms with Crippen LogP contribution in [0, 0.1) is 0 Å². The average molecular weight is 274 g/mol. The van der Waals surface area contributed by atoms with Crippen molar-refractivity contribution in [2.75, 3.05) is 11.9 Å². The molecule has 5 heteroatoms. The first-order valence-electron chi connectivity index (χ1n) is 6.50. The van der Waals surface area contributed by atoms with Gasteiger partial charge in [0.1, 0.15) is 11.5 Å². The lowest BCUT2D eigenvalue weighted by molar-refractivity contribution is -0.119. The Balaban J connectivity index is 1.97. The van der Waals surface area contributed by atoms with Crippen molar-refractivity contribution >= 4 is 11.6 Å². The molecule has 0 aliphatic carbocycles. The van der Waals surface area contributed by atoms with Crippen LogP contribution < -0.4 is 15.8 Å². The Hall–Kier alpha value is -2.43. The van der Waals surface area contributed by atoms with Gasteiger partial charge >= 0.3 is 0 Å². The van der Waals surface area contributed by atoms with E-state index in [-0.39, 0.29) is 12.6 Å². The minimum Gasteiger partial charge on any atom is -0.484 e. The van der Waals surface area contributed by atoms with E-state index in [2.05, 4.69) is 12.2 Å². The number of carbonyl (C=O) groups excluding carboxylic acids is 1. The molecule has 1 aromatic heterocycles. The van der Waals surface area contributed by atoms with Gasteiger partial charge in [-0.05, 0) is 42.8 Å². The maximum atomic E-state index is 10.6. The van der Waals surface area contributed by atoms with Crippen molar-refractivity contribution < 1.29 is 13.9 Å². The summed E-state index contributed by atoms with van der Waals surface area (Å²) in [5.41, 5.74) is 5.98. The summed E-state index contributed by atoms with van der Waals surface area (Å²) in [6.45, 7) is 1.97. The van der Waals surface area contributed by atoms with Crippen molar-refractivity contribution in [2.24, 2.45) is 5.73 Å². The lowest BCUT2D eigenvalue weighted by atomic mass is 10.1. The number of amides is 1. The second-order valence-electron chi connectivity index (χ2n) is 4.40. The molecule has 0 aliphatic rings. The maximum absolute atomic E-state index is 10.6. The first-order valence-corrected chi connectivity index (χ1v) is 6.50. The SMILES string of the molecule is CCC(Nc1ccc(OCC(N)=O)cc1)c1ccco1. The van der Waals surface area contributed by atoms with Crippen LogP contribution in [-0.2, 0) is 4.79 Å². The van der Waals surface area contributed by atoms with Gasteiger partial charge in [-0.25, -0.2) is 0 Å². The number of furan rings is 1. The zero-order chi connectivity index (χ0) is 14.4. The molecule has 2 rings (SSSR count). The summed E-state index contributed by atoms with van der Waals surface area (Å²) in [6.07, 6.45) is 2.58. The Bertz CT molecular complexity index is 535. The molecule has 0 saturated heterocycles. The van der Waals surface area contributed by atoms with E-state index in [1.54, 1.807) is 18.4 Å². The number of hydrogen-bond acceptors (Lipinski definition) is 4. The first kappa shape index (κ1) is 14.0. The number of anilines is 1. The van der Waals surface area contributed by atoms with Crippen LogP contribution in [0.25, 0.3) is 0 Å². The molecule has 1 heterocycles. The smallest absolute Gasteiger partial charge is 0.255 e. The molecule has 106 valence electrons. The third kappa shape index (κ3) is 3.78. The van der Waals surface area contributed by atoms with Crippen LogP contribution in [0.5, 0.6) is 5.75 Å². The molecule has 3 N–H and O–H groups in total. The second-order valence-corrected chi connectivity index (χ2v) is 4.40. The molecule has 0 radical (unpaired) electrons. The molecule has 1 aromatic carbocycles. The van der Waals surface area contributed by atoms with Crippen molar-refractivity contribution in [2.45, 2.75) is 19.4 Å². The number of carbonyl (C=O) groups is 1. The van der Waals surface area contributed by atoms with E-state index in [0.29, 0.717) is 5.75 Å². The molecule has 0 aliphatic heterocycles. The molecule has 1 unspecified atom stereocenters. The lowest BCUT2D eigenvalue weighted by Crippen LogP contribution is -2.20. The topological polar surface area (TPSA) is 77.5 Å². The standard InChI is InChI=1S/C15H18N2O3/c1-2-13(14-4-3-9-19-14)17-11-5-7-12(8-6-11)20-10-15(16)18/h3-9,13,17H,2,10H2,1H3,(H2,16,18). The van der Waals surface area contributed by atoms with E-state index >= 15 is 0 Å². The van der Waals surface area contributed by atoms with Gasteiger partial charge in [0.2, 0.25) is 0 Å². The number of primary amides is 1. The van der Waals surface area contributed by atoms with E-state index in [1.165, 1.54) is 0 Å². The fourth-order valence-electron chi connectivity index (χ4n) is 1.87. The highest BCUT2D eigenvalue weighted by Gasteiger charge is 2.11. The van der Waals surface area contributed by atoms with Crippen LogP contribution in [0.15, 0.2) is 47.1 Å². The lowest BCUT2D eigenvalue weighted by Gasteiger charge is -2.16. The molecular formula is C15H18N2O3. The summed E-state index contributed by atoms with van der Waals surface area (Å²) in [6, 6.07) is 11.3. The predicted molar refractivity (Wildman–Crippen MR) is 76.5 cm³/mol. The van der Waals surface area contributed by atoms with Gasteiger partial charge in [-0.2, -0.15) is 0 Å². The van der Waals surface area contributed by atoms with Crippen molar-refractivity contribution in [1.29, 1.82) is 0 Å². The highest BCUT2D eigenvalue weighted by molar-refractivity contribution is 5.75. The molecule has 20 heavy (non-hydrogen) atoms. The summed E-state index contributed by atoms with van der Waals surface area (Å²) in [5, 5.41) is 3.38. The fraction of sp³-hybridized carbons (Fsp3) is 0.267. The largest absolute Gasteiger partial charge is 0.484 e. The van der Waals surface area contributed by atoms with Gasteiger partial charge in [0.25, 0.3) is 5.91 Å². The first-order chi connectivity index (χ1) is 9.69. The summed E-state index contributed by atoms with van der Waals surface area (Å²) in [7, 11) is 0. The Labute approximate surface area is 117 Å². The molecule has 0 spiro atoms. The van der Waals surface area contributed by atoms with E-state index in [0.717, 1.165) is 17.9 Å². The zero-order valence-corrected chi connectivity index (χ0v) is 11.3. The van der Waals surface area contributed by atoms with Crippen LogP contribution in [-0.4, -0.2) is 12.5 Å². The number of hydrogen-bond donors (Lipinski definition) is 2. The summed E-state index contributed by atoms with van der Waals surface area (Å²) < 4.78 is 10.6.